The fraction of sp³-hybridized carbons (Fsp3) is 0.0870. The minimum atomic E-state index is -0.224. The molecule has 140 valence electrons. The molecule has 1 heterocycles. The van der Waals surface area contributed by atoms with Gasteiger partial charge in [0, 0.05) is 6.07 Å². The molecule has 0 saturated carbocycles. The smallest absolute Gasteiger partial charge is 0.231 e. The maximum absolute atomic E-state index is 12.5. The molecule has 0 saturated heterocycles. The van der Waals surface area contributed by atoms with Gasteiger partial charge in [-0.25, -0.2) is 0 Å². The molecule has 1 aliphatic heterocycles. The van der Waals surface area contributed by atoms with E-state index in [0.717, 1.165) is 5.56 Å². The zero-order valence-corrected chi connectivity index (χ0v) is 15.2. The summed E-state index contributed by atoms with van der Waals surface area (Å²) in [4.78, 5) is 12.5. The number of para-hydroxylation sites is 1. The number of phenolic OH excluding ortho intramolecular Hbond substituents is 1. The van der Waals surface area contributed by atoms with Crippen LogP contribution in [0.5, 0.6) is 28.7 Å². The van der Waals surface area contributed by atoms with Crippen molar-refractivity contribution in [2.75, 3.05) is 6.61 Å². The van der Waals surface area contributed by atoms with Crippen LogP contribution in [0.15, 0.2) is 72.5 Å². The molecular weight excluding hydrogens is 356 g/mol. The van der Waals surface area contributed by atoms with Crippen molar-refractivity contribution in [3.8, 4) is 28.7 Å². The predicted molar refractivity (Wildman–Crippen MR) is 105 cm³/mol. The third-order valence-corrected chi connectivity index (χ3v) is 4.19. The number of hydrogen-bond donors (Lipinski definition) is 1. The molecule has 5 nitrogen and oxygen atoms in total. The molecule has 0 atom stereocenters. The number of hydrogen-bond acceptors (Lipinski definition) is 5. The van der Waals surface area contributed by atoms with Crippen molar-refractivity contribution in [1.29, 1.82) is 0 Å². The second-order valence-corrected chi connectivity index (χ2v) is 6.17. The predicted octanol–water partition coefficient (Wildman–Crippen LogP) is 5.20. The van der Waals surface area contributed by atoms with E-state index in [-0.39, 0.29) is 17.3 Å². The van der Waals surface area contributed by atoms with Gasteiger partial charge in [-0.05, 0) is 55.0 Å². The average molecular weight is 374 g/mol. The van der Waals surface area contributed by atoms with Gasteiger partial charge in [0.1, 0.15) is 17.2 Å². The van der Waals surface area contributed by atoms with Crippen molar-refractivity contribution in [3.63, 3.8) is 0 Å². The molecular formula is C23H18O5. The molecule has 0 radical (unpaired) electrons. The van der Waals surface area contributed by atoms with E-state index >= 15 is 0 Å². The minimum Gasteiger partial charge on any atom is -0.508 e. The van der Waals surface area contributed by atoms with Gasteiger partial charge in [-0.3, -0.25) is 4.79 Å². The van der Waals surface area contributed by atoms with E-state index in [0.29, 0.717) is 35.2 Å². The van der Waals surface area contributed by atoms with Crippen molar-refractivity contribution >= 4 is 11.9 Å². The number of phenols is 1. The van der Waals surface area contributed by atoms with Crippen LogP contribution in [-0.2, 0) is 0 Å². The van der Waals surface area contributed by atoms with E-state index in [1.165, 1.54) is 12.1 Å². The van der Waals surface area contributed by atoms with Crippen LogP contribution < -0.4 is 14.2 Å². The lowest BCUT2D eigenvalue weighted by Gasteiger charge is -2.12. The number of carbonyl (C=O) groups is 1. The van der Waals surface area contributed by atoms with E-state index < -0.39 is 0 Å². The van der Waals surface area contributed by atoms with E-state index in [1.807, 2.05) is 43.3 Å². The molecule has 1 aliphatic rings. The zero-order valence-electron chi connectivity index (χ0n) is 15.2. The van der Waals surface area contributed by atoms with Gasteiger partial charge < -0.3 is 19.3 Å². The van der Waals surface area contributed by atoms with Crippen LogP contribution in [0, 0.1) is 0 Å². The molecule has 0 fully saturated rings. The van der Waals surface area contributed by atoms with E-state index in [9.17, 15) is 9.90 Å². The normalized spacial score (nSPS) is 13.9. The van der Waals surface area contributed by atoms with Gasteiger partial charge in [0.25, 0.3) is 0 Å². The SMILES string of the molecule is CCOc1cc(C=C2Oc3cc(O)ccc3C2=O)ccc1Oc1ccccc1. The summed E-state index contributed by atoms with van der Waals surface area (Å²) in [6, 6.07) is 19.3. The van der Waals surface area contributed by atoms with E-state index in [2.05, 4.69) is 0 Å². The molecule has 0 unspecified atom stereocenters. The highest BCUT2D eigenvalue weighted by Crippen LogP contribution is 2.36. The third kappa shape index (κ3) is 3.55. The summed E-state index contributed by atoms with van der Waals surface area (Å²) < 4.78 is 17.2. The fourth-order valence-corrected chi connectivity index (χ4v) is 2.91. The second-order valence-electron chi connectivity index (χ2n) is 6.17. The van der Waals surface area contributed by atoms with Crippen molar-refractivity contribution in [2.24, 2.45) is 0 Å². The lowest BCUT2D eigenvalue weighted by Crippen LogP contribution is -1.99. The molecule has 1 N–H and O–H groups in total. The number of benzene rings is 3. The molecule has 3 aromatic carbocycles. The Hall–Kier alpha value is -3.73. The van der Waals surface area contributed by atoms with Gasteiger partial charge in [-0.2, -0.15) is 0 Å². The highest BCUT2D eigenvalue weighted by Gasteiger charge is 2.27. The second kappa shape index (κ2) is 7.48. The summed E-state index contributed by atoms with van der Waals surface area (Å²) in [5.74, 6) is 2.24. The van der Waals surface area contributed by atoms with Crippen molar-refractivity contribution in [3.05, 3.63) is 83.6 Å². The molecule has 28 heavy (non-hydrogen) atoms. The molecule has 0 amide bonds. The molecule has 0 aliphatic carbocycles. The number of ketones is 1. The standard InChI is InChI=1S/C23H18O5/c1-2-26-21-12-15(8-11-19(21)27-17-6-4-3-5-7-17)13-22-23(25)18-10-9-16(24)14-20(18)28-22/h3-14,24H,2H2,1H3. The third-order valence-electron chi connectivity index (χ3n) is 4.19. The Balaban J connectivity index is 1.63. The Morgan fingerprint density at radius 3 is 2.61 bits per heavy atom. The summed E-state index contributed by atoms with van der Waals surface area (Å²) >= 11 is 0. The number of Topliss-reactive ketones (excluding diaryl/α,β-unsaturated/α-hetero) is 1. The first-order valence-corrected chi connectivity index (χ1v) is 8.91. The Bertz CT molecular complexity index is 1050. The molecule has 4 rings (SSSR count). The topological polar surface area (TPSA) is 65.0 Å². The van der Waals surface area contributed by atoms with Gasteiger partial charge in [-0.15, -0.1) is 0 Å². The monoisotopic (exact) mass is 374 g/mol. The highest BCUT2D eigenvalue weighted by atomic mass is 16.5. The number of carbonyl (C=O) groups excluding carboxylic acids is 1. The number of fused-ring (bicyclic) bond motifs is 1. The van der Waals surface area contributed by atoms with Gasteiger partial charge in [-0.1, -0.05) is 24.3 Å². The summed E-state index contributed by atoms with van der Waals surface area (Å²) in [6.07, 6.45) is 1.65. The van der Waals surface area contributed by atoms with Crippen molar-refractivity contribution in [2.45, 2.75) is 6.92 Å². The van der Waals surface area contributed by atoms with Gasteiger partial charge in [0.2, 0.25) is 5.78 Å². The number of ether oxygens (including phenoxy) is 3. The minimum absolute atomic E-state index is 0.0499. The van der Waals surface area contributed by atoms with Gasteiger partial charge in [0.15, 0.2) is 17.3 Å². The number of allylic oxidation sites excluding steroid dienone is 1. The molecule has 0 spiro atoms. The highest BCUT2D eigenvalue weighted by molar-refractivity contribution is 6.14. The van der Waals surface area contributed by atoms with Crippen LogP contribution in [0.1, 0.15) is 22.8 Å². The Kier molecular flexibility index (Phi) is 4.72. The van der Waals surface area contributed by atoms with Crippen LogP contribution in [0.4, 0.5) is 0 Å². The lowest BCUT2D eigenvalue weighted by atomic mass is 10.1. The molecule has 3 aromatic rings. The van der Waals surface area contributed by atoms with Crippen LogP contribution in [0.3, 0.4) is 0 Å². The maximum atomic E-state index is 12.5. The van der Waals surface area contributed by atoms with Crippen LogP contribution in [0.2, 0.25) is 0 Å². The van der Waals surface area contributed by atoms with Gasteiger partial charge in [0.05, 0.1) is 12.2 Å². The van der Waals surface area contributed by atoms with Crippen molar-refractivity contribution in [1.82, 2.24) is 0 Å². The summed E-state index contributed by atoms with van der Waals surface area (Å²) in [5.41, 5.74) is 1.17. The first-order valence-electron chi connectivity index (χ1n) is 8.91. The Labute approximate surface area is 162 Å². The van der Waals surface area contributed by atoms with Crippen LogP contribution in [0.25, 0.3) is 6.08 Å². The number of rotatable bonds is 5. The first kappa shape index (κ1) is 17.7. The van der Waals surface area contributed by atoms with Crippen LogP contribution >= 0.6 is 0 Å². The quantitative estimate of drug-likeness (QED) is 0.622. The maximum Gasteiger partial charge on any atom is 0.231 e. The number of aromatic hydroxyl groups is 1. The fourth-order valence-electron chi connectivity index (χ4n) is 2.91. The largest absolute Gasteiger partial charge is 0.508 e. The lowest BCUT2D eigenvalue weighted by molar-refractivity contribution is 0.101. The van der Waals surface area contributed by atoms with Crippen LogP contribution in [-0.4, -0.2) is 17.5 Å². The summed E-state index contributed by atoms with van der Waals surface area (Å²) in [5, 5.41) is 9.56. The average Bonchev–Trinajstić information content (AvgIpc) is 2.99. The first-order chi connectivity index (χ1) is 13.6. The van der Waals surface area contributed by atoms with Crippen molar-refractivity contribution < 1.29 is 24.1 Å². The van der Waals surface area contributed by atoms with E-state index in [4.69, 9.17) is 14.2 Å². The van der Waals surface area contributed by atoms with Gasteiger partial charge >= 0.3 is 0 Å². The Morgan fingerprint density at radius 1 is 1.00 bits per heavy atom. The van der Waals surface area contributed by atoms with E-state index in [1.54, 1.807) is 24.3 Å². The molecule has 0 bridgehead atoms. The zero-order chi connectivity index (χ0) is 19.5. The summed E-state index contributed by atoms with van der Waals surface area (Å²) in [6.45, 7) is 2.37. The Morgan fingerprint density at radius 2 is 1.82 bits per heavy atom. The molecule has 0 aromatic heterocycles. The molecule has 5 heteroatoms. The summed E-state index contributed by atoms with van der Waals surface area (Å²) in [7, 11) is 0.